The van der Waals surface area contributed by atoms with Crippen molar-refractivity contribution in [3.63, 3.8) is 0 Å². The Kier molecular flexibility index (Phi) is 12.1. The Bertz CT molecular complexity index is 496. The summed E-state index contributed by atoms with van der Waals surface area (Å²) in [5, 5.41) is 5.66. The number of Topliss-reactive ketones (excluding diaryl/α,β-unsaturated/α-hetero) is 1. The monoisotopic (exact) mass is 383 g/mol. The van der Waals surface area contributed by atoms with Crippen LogP contribution in [0.15, 0.2) is 12.2 Å². The number of hydrogen-bond donors (Lipinski definition) is 3. The third-order valence-electron chi connectivity index (χ3n) is 4.41. The van der Waals surface area contributed by atoms with Gasteiger partial charge in [0.2, 0.25) is 5.91 Å². The Balaban J connectivity index is 2.06. The predicted molar refractivity (Wildman–Crippen MR) is 102 cm³/mol. The van der Waals surface area contributed by atoms with Crippen molar-refractivity contribution in [2.75, 3.05) is 20.2 Å². The second-order valence-corrected chi connectivity index (χ2v) is 6.70. The molecule has 1 unspecified atom stereocenters. The second kappa shape index (κ2) is 14.2. The zero-order chi connectivity index (χ0) is 19.9. The van der Waals surface area contributed by atoms with Crippen LogP contribution in [0.4, 0.5) is 4.79 Å². The van der Waals surface area contributed by atoms with Crippen molar-refractivity contribution >= 4 is 17.8 Å². The van der Waals surface area contributed by atoms with Crippen molar-refractivity contribution < 1.29 is 24.0 Å². The molecule has 2 atom stereocenters. The van der Waals surface area contributed by atoms with Gasteiger partial charge >= 0.3 is 6.09 Å². The fraction of sp³-hybridized carbons (Fsp3) is 0.737. The maximum Gasteiger partial charge on any atom is 0.431 e. The molecule has 3 N–H and O–H groups in total. The van der Waals surface area contributed by atoms with E-state index in [0.717, 1.165) is 44.9 Å². The van der Waals surface area contributed by atoms with Crippen molar-refractivity contribution in [1.82, 2.24) is 16.1 Å². The molecule has 8 heteroatoms. The van der Waals surface area contributed by atoms with Gasteiger partial charge in [0.1, 0.15) is 11.9 Å². The van der Waals surface area contributed by atoms with Crippen LogP contribution in [0.3, 0.4) is 0 Å². The minimum absolute atomic E-state index is 0.114. The van der Waals surface area contributed by atoms with Gasteiger partial charge in [-0.15, -0.1) is 0 Å². The Hall–Kier alpha value is -1.93. The number of amides is 2. The van der Waals surface area contributed by atoms with E-state index in [4.69, 9.17) is 9.57 Å². The van der Waals surface area contributed by atoms with E-state index < -0.39 is 6.09 Å². The molecule has 0 spiro atoms. The van der Waals surface area contributed by atoms with Crippen LogP contribution in [0.25, 0.3) is 0 Å². The number of rotatable bonds is 11. The van der Waals surface area contributed by atoms with E-state index in [1.54, 1.807) is 14.0 Å². The summed E-state index contributed by atoms with van der Waals surface area (Å²) in [4.78, 5) is 39.5. The minimum atomic E-state index is -0.694. The van der Waals surface area contributed by atoms with Gasteiger partial charge in [0.25, 0.3) is 0 Å². The van der Waals surface area contributed by atoms with Crippen LogP contribution in [-0.2, 0) is 19.2 Å². The molecule has 1 rings (SSSR count). The van der Waals surface area contributed by atoms with Crippen molar-refractivity contribution in [3.8, 4) is 0 Å². The maximum absolute atomic E-state index is 11.7. The summed E-state index contributed by atoms with van der Waals surface area (Å²) < 4.78 is 5.25. The van der Waals surface area contributed by atoms with Gasteiger partial charge in [-0.05, 0) is 65.0 Å². The lowest BCUT2D eigenvalue weighted by Gasteiger charge is -2.16. The number of hydrogen-bond acceptors (Lipinski definition) is 6. The number of ether oxygens (including phenoxy) is 1. The summed E-state index contributed by atoms with van der Waals surface area (Å²) in [6.07, 6.45) is 10.4. The van der Waals surface area contributed by atoms with E-state index in [2.05, 4.69) is 16.1 Å². The van der Waals surface area contributed by atoms with Crippen LogP contribution in [0.2, 0.25) is 0 Å². The molecule has 0 aliphatic heterocycles. The molecule has 2 amide bonds. The lowest BCUT2D eigenvalue weighted by Crippen LogP contribution is -2.35. The Morgan fingerprint density at radius 1 is 1.19 bits per heavy atom. The molecular formula is C19H33N3O5. The molecule has 0 saturated heterocycles. The quantitative estimate of drug-likeness (QED) is 0.286. The van der Waals surface area contributed by atoms with Crippen LogP contribution < -0.4 is 16.1 Å². The standard InChI is InChI=1S/C19H33N3O5/c1-15(23)17(20-2)12-8-9-13-21-18(24)14-26-22-19(25)27-16-10-6-4-3-5-7-11-16/h6,10,16-17,20H,3-5,7-9,11-14H2,1-2H3,(H,21,24)(H,22,25)/b10-6+/t16?,17-/m1/s1. The number of hydroxylamine groups is 1. The largest absolute Gasteiger partial charge is 0.441 e. The maximum atomic E-state index is 11.7. The highest BCUT2D eigenvalue weighted by Crippen LogP contribution is 2.14. The molecule has 0 fully saturated rings. The van der Waals surface area contributed by atoms with E-state index in [9.17, 15) is 14.4 Å². The van der Waals surface area contributed by atoms with Crippen LogP contribution >= 0.6 is 0 Å². The molecule has 27 heavy (non-hydrogen) atoms. The molecule has 0 aromatic heterocycles. The van der Waals surface area contributed by atoms with Crippen LogP contribution in [0.5, 0.6) is 0 Å². The van der Waals surface area contributed by atoms with Gasteiger partial charge in [-0.1, -0.05) is 12.5 Å². The number of ketones is 1. The van der Waals surface area contributed by atoms with Gasteiger partial charge in [0.15, 0.2) is 6.61 Å². The highest BCUT2D eigenvalue weighted by Gasteiger charge is 2.13. The van der Waals surface area contributed by atoms with E-state index in [1.807, 2.05) is 12.2 Å². The van der Waals surface area contributed by atoms with E-state index in [1.165, 1.54) is 6.42 Å². The Morgan fingerprint density at radius 2 is 2.00 bits per heavy atom. The third-order valence-corrected chi connectivity index (χ3v) is 4.41. The number of carbonyl (C=O) groups excluding carboxylic acids is 3. The first-order chi connectivity index (χ1) is 13.0. The minimum Gasteiger partial charge on any atom is -0.441 e. The SMILES string of the molecule is CN[C@H](CCCCNC(=O)CONC(=O)OC1/C=C/CCCCC1)C(C)=O. The molecule has 0 aromatic carbocycles. The van der Waals surface area contributed by atoms with Crippen molar-refractivity contribution in [3.05, 3.63) is 12.2 Å². The lowest BCUT2D eigenvalue weighted by atomic mass is 10.0. The zero-order valence-electron chi connectivity index (χ0n) is 16.4. The van der Waals surface area contributed by atoms with Crippen LogP contribution in [0.1, 0.15) is 58.3 Å². The fourth-order valence-corrected chi connectivity index (χ4v) is 2.85. The van der Waals surface area contributed by atoms with Crippen molar-refractivity contribution in [2.24, 2.45) is 0 Å². The number of nitrogens with one attached hydrogen (secondary N) is 3. The fourth-order valence-electron chi connectivity index (χ4n) is 2.85. The van der Waals surface area contributed by atoms with Gasteiger partial charge in [0, 0.05) is 6.54 Å². The number of unbranched alkanes of at least 4 members (excludes halogenated alkanes) is 1. The van der Waals surface area contributed by atoms with Gasteiger partial charge in [-0.25, -0.2) is 4.79 Å². The molecule has 0 saturated carbocycles. The molecule has 1 aliphatic carbocycles. The van der Waals surface area contributed by atoms with Crippen LogP contribution in [0, 0.1) is 0 Å². The summed E-state index contributed by atoms with van der Waals surface area (Å²) in [5.74, 6) is -0.208. The van der Waals surface area contributed by atoms with Crippen LogP contribution in [-0.4, -0.2) is 50.1 Å². The van der Waals surface area contributed by atoms with Gasteiger partial charge in [-0.2, -0.15) is 5.48 Å². The highest BCUT2D eigenvalue weighted by molar-refractivity contribution is 5.81. The molecule has 8 nitrogen and oxygen atoms in total. The Morgan fingerprint density at radius 3 is 2.74 bits per heavy atom. The zero-order valence-corrected chi connectivity index (χ0v) is 16.4. The molecule has 0 heterocycles. The lowest BCUT2D eigenvalue weighted by molar-refractivity contribution is -0.128. The second-order valence-electron chi connectivity index (χ2n) is 6.70. The molecule has 0 bridgehead atoms. The first kappa shape index (κ1) is 23.1. The van der Waals surface area contributed by atoms with Crippen molar-refractivity contribution in [2.45, 2.75) is 70.4 Å². The topological polar surface area (TPSA) is 106 Å². The predicted octanol–water partition coefficient (Wildman–Crippen LogP) is 2.00. The summed E-state index contributed by atoms with van der Waals surface area (Å²) in [7, 11) is 1.76. The molecule has 0 aromatic rings. The molecule has 154 valence electrons. The highest BCUT2D eigenvalue weighted by atomic mass is 16.7. The van der Waals surface area contributed by atoms with Crippen molar-refractivity contribution in [1.29, 1.82) is 0 Å². The van der Waals surface area contributed by atoms with Gasteiger partial charge in [-0.3, -0.25) is 14.4 Å². The summed E-state index contributed by atoms with van der Waals surface area (Å²) in [6, 6.07) is -0.132. The summed E-state index contributed by atoms with van der Waals surface area (Å²) >= 11 is 0. The first-order valence-electron chi connectivity index (χ1n) is 9.72. The number of carbonyl (C=O) groups is 3. The summed E-state index contributed by atoms with van der Waals surface area (Å²) in [6.45, 7) is 1.78. The Labute approximate surface area is 161 Å². The average molecular weight is 383 g/mol. The molecular weight excluding hydrogens is 350 g/mol. The van der Waals surface area contributed by atoms with E-state index in [0.29, 0.717) is 6.54 Å². The average Bonchev–Trinajstić information content (AvgIpc) is 2.60. The van der Waals surface area contributed by atoms with E-state index in [-0.39, 0.29) is 30.4 Å². The first-order valence-corrected chi connectivity index (χ1v) is 9.72. The molecule has 0 radical (unpaired) electrons. The summed E-state index contributed by atoms with van der Waals surface area (Å²) in [5.41, 5.74) is 2.13. The third kappa shape index (κ3) is 11.4. The normalized spacial score (nSPS) is 19.3. The number of allylic oxidation sites excluding steroid dienone is 1. The van der Waals surface area contributed by atoms with Gasteiger partial charge < -0.3 is 15.4 Å². The van der Waals surface area contributed by atoms with E-state index >= 15 is 0 Å². The number of likely N-dealkylation sites (N-methyl/N-ethyl adjacent to an activating group) is 1. The van der Waals surface area contributed by atoms with Gasteiger partial charge in [0.05, 0.1) is 6.04 Å². The molecule has 1 aliphatic rings. The smallest absolute Gasteiger partial charge is 0.431 e.